The van der Waals surface area contributed by atoms with Gasteiger partial charge in [0.05, 0.1) is 5.75 Å². The summed E-state index contributed by atoms with van der Waals surface area (Å²) in [5.41, 5.74) is 2.28. The van der Waals surface area contributed by atoms with Gasteiger partial charge in [-0.1, -0.05) is 18.2 Å². The van der Waals surface area contributed by atoms with Crippen molar-refractivity contribution in [3.8, 4) is 0 Å². The normalized spacial score (nSPS) is 10.3. The maximum absolute atomic E-state index is 10.6. The van der Waals surface area contributed by atoms with Gasteiger partial charge in [0.25, 0.3) is 10.1 Å². The number of aryl methyl sites for hydroxylation is 1. The molecule has 0 spiro atoms. The Kier molecular flexibility index (Phi) is 10.9. The van der Waals surface area contributed by atoms with Crippen LogP contribution in [0.3, 0.4) is 0 Å². The van der Waals surface area contributed by atoms with Crippen molar-refractivity contribution >= 4 is 15.8 Å². The number of para-hydroxylation sites is 1. The van der Waals surface area contributed by atoms with Gasteiger partial charge in [-0.25, -0.2) is 0 Å². The van der Waals surface area contributed by atoms with E-state index in [0.29, 0.717) is 13.0 Å². The minimum Gasteiger partial charge on any atom is -0.870 e. The fourth-order valence-corrected chi connectivity index (χ4v) is 2.30. The molecule has 0 radical (unpaired) electrons. The molecule has 0 amide bonds. The minimum atomic E-state index is -3.85. The first-order chi connectivity index (χ1) is 7.94. The zero-order valence-electron chi connectivity index (χ0n) is 11.7. The maximum atomic E-state index is 10.6. The Morgan fingerprint density at radius 3 is 2.32 bits per heavy atom. The van der Waals surface area contributed by atoms with Crippen molar-refractivity contribution in [3.05, 3.63) is 29.8 Å². The van der Waals surface area contributed by atoms with Gasteiger partial charge in [0.15, 0.2) is 0 Å². The van der Waals surface area contributed by atoms with Crippen LogP contribution >= 0.6 is 0 Å². The molecule has 0 aliphatic heterocycles. The maximum Gasteiger partial charge on any atom is 1.00 e. The molecule has 0 saturated carbocycles. The second-order valence-electron chi connectivity index (χ2n) is 4.01. The molecule has 5 nitrogen and oxygen atoms in total. The van der Waals surface area contributed by atoms with Crippen LogP contribution in [-0.4, -0.2) is 37.3 Å². The molecule has 0 aliphatic rings. The van der Waals surface area contributed by atoms with Crippen LogP contribution in [-0.2, 0) is 10.1 Å². The summed E-state index contributed by atoms with van der Waals surface area (Å²) in [6.07, 6.45) is 0.432. The molecule has 104 valence electrons. The quantitative estimate of drug-likeness (QED) is 0.533. The van der Waals surface area contributed by atoms with E-state index < -0.39 is 10.1 Å². The summed E-state index contributed by atoms with van der Waals surface area (Å²) in [4.78, 5) is 2.11. The third-order valence-electron chi connectivity index (χ3n) is 2.67. The molecule has 0 unspecified atom stereocenters. The molecule has 1 aromatic carbocycles. The monoisotopic (exact) mass is 297 g/mol. The molecule has 0 atom stereocenters. The number of nitrogens with zero attached hydrogens (tertiary/aromatic N) is 1. The molecule has 19 heavy (non-hydrogen) atoms. The third-order valence-corrected chi connectivity index (χ3v) is 3.47. The number of anilines is 1. The summed E-state index contributed by atoms with van der Waals surface area (Å²) in [6, 6.07) is 7.99. The molecule has 0 aromatic heterocycles. The Morgan fingerprint density at radius 2 is 1.84 bits per heavy atom. The number of hydrogen-bond acceptors (Lipinski definition) is 4. The number of hydrogen-bond donors (Lipinski definition) is 1. The fourth-order valence-electron chi connectivity index (χ4n) is 1.80. The standard InChI is InChI=1S/C12H19NO3S.Na.H2O/c1-3-13(9-6-10-17(14,15)16)12-8-5-4-7-11(12)2;;/h4-5,7-8H,3,6,9-10H2,1-2H3,(H,14,15,16);;1H2/q;+1;/p-1. The van der Waals surface area contributed by atoms with Gasteiger partial charge in [0, 0.05) is 18.8 Å². The first kappa shape index (κ1) is 21.2. The average molecular weight is 297 g/mol. The van der Waals surface area contributed by atoms with Gasteiger partial charge in [-0.3, -0.25) is 4.55 Å². The van der Waals surface area contributed by atoms with E-state index in [0.717, 1.165) is 12.2 Å². The van der Waals surface area contributed by atoms with Crippen LogP contribution in [0.2, 0.25) is 0 Å². The van der Waals surface area contributed by atoms with Crippen LogP contribution in [0.25, 0.3) is 0 Å². The van der Waals surface area contributed by atoms with Crippen LogP contribution in [0.1, 0.15) is 18.9 Å². The van der Waals surface area contributed by atoms with Crippen molar-refractivity contribution in [2.75, 3.05) is 23.7 Å². The van der Waals surface area contributed by atoms with Gasteiger partial charge in [-0.2, -0.15) is 8.42 Å². The van der Waals surface area contributed by atoms with Crippen LogP contribution in [0.4, 0.5) is 5.69 Å². The second-order valence-corrected chi connectivity index (χ2v) is 5.58. The Labute approximate surface area is 137 Å². The third kappa shape index (κ3) is 7.91. The van der Waals surface area contributed by atoms with E-state index in [4.69, 9.17) is 4.55 Å². The van der Waals surface area contributed by atoms with E-state index in [1.165, 1.54) is 5.56 Å². The zero-order chi connectivity index (χ0) is 12.9. The first-order valence-electron chi connectivity index (χ1n) is 5.70. The molecule has 1 aromatic rings. The van der Waals surface area contributed by atoms with E-state index in [2.05, 4.69) is 4.90 Å². The van der Waals surface area contributed by atoms with Crippen molar-refractivity contribution in [2.45, 2.75) is 20.3 Å². The predicted molar refractivity (Wildman–Crippen MR) is 72.0 cm³/mol. The van der Waals surface area contributed by atoms with Crippen molar-refractivity contribution in [3.63, 3.8) is 0 Å². The van der Waals surface area contributed by atoms with Crippen LogP contribution in [0, 0.1) is 6.92 Å². The summed E-state index contributed by atoms with van der Waals surface area (Å²) in [5.74, 6) is -0.185. The number of rotatable bonds is 6. The average Bonchev–Trinajstić information content (AvgIpc) is 2.24. The molecule has 0 bridgehead atoms. The largest absolute Gasteiger partial charge is 1.00 e. The Balaban J connectivity index is 0. The number of benzene rings is 1. The molecule has 0 fully saturated rings. The van der Waals surface area contributed by atoms with Crippen LogP contribution in [0.5, 0.6) is 0 Å². The molecule has 2 N–H and O–H groups in total. The molecule has 0 heterocycles. The fraction of sp³-hybridized carbons (Fsp3) is 0.500. The Morgan fingerprint density at radius 1 is 1.26 bits per heavy atom. The van der Waals surface area contributed by atoms with Gasteiger partial charge in [-0.15, -0.1) is 0 Å². The van der Waals surface area contributed by atoms with Gasteiger partial charge in [0.2, 0.25) is 0 Å². The summed E-state index contributed by atoms with van der Waals surface area (Å²) < 4.78 is 30.0. The summed E-state index contributed by atoms with van der Waals surface area (Å²) in [7, 11) is -3.85. The van der Waals surface area contributed by atoms with Gasteiger partial charge in [-0.05, 0) is 31.9 Å². The smallest absolute Gasteiger partial charge is 0.870 e. The van der Waals surface area contributed by atoms with E-state index in [1.807, 2.05) is 38.1 Å². The van der Waals surface area contributed by atoms with Gasteiger partial charge in [0.1, 0.15) is 0 Å². The van der Waals surface area contributed by atoms with Gasteiger partial charge >= 0.3 is 29.6 Å². The van der Waals surface area contributed by atoms with Crippen molar-refractivity contribution in [1.29, 1.82) is 0 Å². The van der Waals surface area contributed by atoms with E-state index >= 15 is 0 Å². The Bertz CT molecular complexity index is 465. The van der Waals surface area contributed by atoms with E-state index in [1.54, 1.807) is 0 Å². The SMILES string of the molecule is CCN(CCCS(=O)(=O)O)c1ccccc1C.[Na+].[OH-]. The van der Waals surface area contributed by atoms with Gasteiger partial charge < -0.3 is 10.4 Å². The first-order valence-corrected chi connectivity index (χ1v) is 7.30. The van der Waals surface area contributed by atoms with Crippen LogP contribution < -0.4 is 34.5 Å². The van der Waals surface area contributed by atoms with E-state index in [9.17, 15) is 8.42 Å². The molecule has 0 aliphatic carbocycles. The molecular formula is C12H20NNaO4S. The second kappa shape index (κ2) is 9.74. The van der Waals surface area contributed by atoms with E-state index in [-0.39, 0.29) is 40.8 Å². The summed E-state index contributed by atoms with van der Waals surface area (Å²) in [6.45, 7) is 5.50. The Hall–Kier alpha value is -0.110. The molecule has 1 rings (SSSR count). The summed E-state index contributed by atoms with van der Waals surface area (Å²) in [5, 5.41) is 0. The van der Waals surface area contributed by atoms with Crippen molar-refractivity contribution < 1.29 is 48.0 Å². The zero-order valence-corrected chi connectivity index (χ0v) is 14.5. The predicted octanol–water partition coefficient (Wildman–Crippen LogP) is -1.07. The minimum absolute atomic E-state index is 0. The molecule has 0 saturated heterocycles. The summed E-state index contributed by atoms with van der Waals surface area (Å²) >= 11 is 0. The van der Waals surface area contributed by atoms with Crippen molar-refractivity contribution in [1.82, 2.24) is 0 Å². The van der Waals surface area contributed by atoms with Crippen LogP contribution in [0.15, 0.2) is 24.3 Å². The van der Waals surface area contributed by atoms with Crippen molar-refractivity contribution in [2.24, 2.45) is 0 Å². The molecule has 7 heteroatoms. The topological polar surface area (TPSA) is 87.6 Å². The molecular weight excluding hydrogens is 277 g/mol.